The number of aliphatic hydroxyl groups excluding tert-OH is 2. The van der Waals surface area contributed by atoms with Gasteiger partial charge in [-0.1, -0.05) is 0 Å². The molecule has 1 atom stereocenters. The summed E-state index contributed by atoms with van der Waals surface area (Å²) in [7, 11) is 1.52. The first-order valence-electron chi connectivity index (χ1n) is 12.9. The Balaban J connectivity index is 1.42. The molecular weight excluding hydrogens is 531 g/mol. The minimum atomic E-state index is -1.13. The van der Waals surface area contributed by atoms with Gasteiger partial charge in [-0.15, -0.1) is 0 Å². The van der Waals surface area contributed by atoms with Gasteiger partial charge in [0.05, 0.1) is 30.8 Å². The number of likely N-dealkylation sites (tertiary alicyclic amines) is 1. The van der Waals surface area contributed by atoms with Crippen LogP contribution < -0.4 is 15.0 Å². The highest BCUT2D eigenvalue weighted by Gasteiger charge is 2.41. The predicted octanol–water partition coefficient (Wildman–Crippen LogP) is 3.63. The smallest absolute Gasteiger partial charge is 0.249 e. The molecule has 2 heterocycles. The Labute approximate surface area is 229 Å². The number of pyridine rings is 1. The largest absolute Gasteiger partial charge is 0.497 e. The number of carbonyl (C=O) groups is 1. The molecule has 4 N–H and O–H groups in total. The monoisotopic (exact) mass is 563 g/mol. The first-order chi connectivity index (χ1) is 19.2. The lowest BCUT2D eigenvalue weighted by molar-refractivity contribution is -0.144. The Morgan fingerprint density at radius 3 is 2.50 bits per heavy atom. The molecule has 1 amide bonds. The number of nitrogens with zero attached hydrogens (tertiary/aromatic N) is 2. The summed E-state index contributed by atoms with van der Waals surface area (Å²) >= 11 is 0. The van der Waals surface area contributed by atoms with Crippen LogP contribution in [0, 0.1) is 22.9 Å². The van der Waals surface area contributed by atoms with Crippen LogP contribution in [0.3, 0.4) is 0 Å². The van der Waals surface area contributed by atoms with E-state index in [9.17, 15) is 33.4 Å². The number of hydroxylamine groups is 1. The Morgan fingerprint density at radius 1 is 1.18 bits per heavy atom. The van der Waals surface area contributed by atoms with Crippen molar-refractivity contribution < 1.29 is 42.9 Å². The van der Waals surface area contributed by atoms with Gasteiger partial charge in [0.15, 0.2) is 17.4 Å². The number of aliphatic hydroxyl groups is 2. The summed E-state index contributed by atoms with van der Waals surface area (Å²) in [5.74, 6) is -3.93. The van der Waals surface area contributed by atoms with Crippen molar-refractivity contribution in [2.75, 3.05) is 33.4 Å². The maximum Gasteiger partial charge on any atom is 0.249 e. The van der Waals surface area contributed by atoms with Crippen LogP contribution >= 0.6 is 0 Å². The first kappa shape index (κ1) is 29.5. The molecule has 3 aromatic rings. The van der Waals surface area contributed by atoms with Gasteiger partial charge < -0.3 is 19.7 Å². The highest BCUT2D eigenvalue weighted by atomic mass is 19.1. The molecule has 1 aliphatic rings. The van der Waals surface area contributed by atoms with Crippen LogP contribution in [-0.4, -0.2) is 64.6 Å². The van der Waals surface area contributed by atoms with Crippen molar-refractivity contribution in [3.05, 3.63) is 65.1 Å². The van der Waals surface area contributed by atoms with Crippen molar-refractivity contribution in [1.82, 2.24) is 15.4 Å². The maximum absolute atomic E-state index is 13.8. The van der Waals surface area contributed by atoms with Crippen molar-refractivity contribution in [2.24, 2.45) is 5.41 Å². The second kappa shape index (κ2) is 12.8. The summed E-state index contributed by atoms with van der Waals surface area (Å²) in [4.78, 5) is 19.1. The van der Waals surface area contributed by atoms with E-state index in [2.05, 4.69) is 4.98 Å². The number of halogens is 3. The molecule has 0 radical (unpaired) electrons. The lowest BCUT2D eigenvalue weighted by Crippen LogP contribution is -2.49. The summed E-state index contributed by atoms with van der Waals surface area (Å²) in [6.45, 7) is 0.773. The zero-order chi connectivity index (χ0) is 28.9. The van der Waals surface area contributed by atoms with Gasteiger partial charge in [-0.05, 0) is 62.5 Å². The van der Waals surface area contributed by atoms with E-state index in [1.807, 2.05) is 4.90 Å². The third-order valence-corrected chi connectivity index (χ3v) is 7.61. The molecule has 40 heavy (non-hydrogen) atoms. The summed E-state index contributed by atoms with van der Waals surface area (Å²) in [6, 6.07) is 6.33. The average molecular weight is 564 g/mol. The predicted molar refractivity (Wildman–Crippen MR) is 138 cm³/mol. The quantitative estimate of drug-likeness (QED) is 0.206. The third kappa shape index (κ3) is 6.30. The number of methoxy groups -OCH3 is 1. The number of hydrogen-bond donors (Lipinski definition) is 4. The SMILES string of the molecule is COc1ccc2ncc(CO)c([C@H](O)CCC3(C(=O)NO)CCN(CCOc4c(F)cc(F)cc4F)CC3)c2c1. The zero-order valence-corrected chi connectivity index (χ0v) is 22.0. The molecule has 2 aromatic carbocycles. The Hall–Kier alpha value is -3.45. The molecular formula is C28H32F3N3O6. The minimum absolute atomic E-state index is 0.0557. The van der Waals surface area contributed by atoms with Crippen molar-refractivity contribution in [3.63, 3.8) is 0 Å². The van der Waals surface area contributed by atoms with Crippen molar-refractivity contribution in [1.29, 1.82) is 0 Å². The van der Waals surface area contributed by atoms with Gasteiger partial charge in [-0.2, -0.15) is 0 Å². The molecule has 1 fully saturated rings. The van der Waals surface area contributed by atoms with Crippen LogP contribution in [0.1, 0.15) is 42.9 Å². The lowest BCUT2D eigenvalue weighted by atomic mass is 9.73. The van der Waals surface area contributed by atoms with Gasteiger partial charge in [0.2, 0.25) is 5.91 Å². The van der Waals surface area contributed by atoms with Gasteiger partial charge in [0.25, 0.3) is 0 Å². The summed E-state index contributed by atoms with van der Waals surface area (Å²) in [5, 5.41) is 31.3. The van der Waals surface area contributed by atoms with Crippen LogP contribution in [-0.2, 0) is 11.4 Å². The minimum Gasteiger partial charge on any atom is -0.497 e. The van der Waals surface area contributed by atoms with Crippen LogP contribution in [0.2, 0.25) is 0 Å². The summed E-state index contributed by atoms with van der Waals surface area (Å²) in [5.41, 5.74) is 2.36. The van der Waals surface area contributed by atoms with E-state index in [1.165, 1.54) is 13.3 Å². The lowest BCUT2D eigenvalue weighted by Gasteiger charge is -2.40. The molecule has 1 aromatic heterocycles. The number of fused-ring (bicyclic) bond motifs is 1. The number of carbonyl (C=O) groups excluding carboxylic acids is 1. The third-order valence-electron chi connectivity index (χ3n) is 7.61. The van der Waals surface area contributed by atoms with E-state index < -0.39 is 40.6 Å². The van der Waals surface area contributed by atoms with Gasteiger partial charge >= 0.3 is 0 Å². The zero-order valence-electron chi connectivity index (χ0n) is 22.0. The van der Waals surface area contributed by atoms with Crippen LogP contribution in [0.5, 0.6) is 11.5 Å². The van der Waals surface area contributed by atoms with E-state index in [4.69, 9.17) is 9.47 Å². The molecule has 0 aliphatic carbocycles. The van der Waals surface area contributed by atoms with Crippen LogP contribution in [0.4, 0.5) is 13.2 Å². The molecule has 0 unspecified atom stereocenters. The van der Waals surface area contributed by atoms with Crippen LogP contribution in [0.15, 0.2) is 36.5 Å². The molecule has 1 aliphatic heterocycles. The fourth-order valence-corrected chi connectivity index (χ4v) is 5.29. The van der Waals surface area contributed by atoms with E-state index >= 15 is 0 Å². The highest BCUT2D eigenvalue weighted by molar-refractivity contribution is 5.85. The number of benzene rings is 2. The molecule has 0 spiro atoms. The van der Waals surface area contributed by atoms with E-state index in [0.717, 1.165) is 0 Å². The standard InChI is InChI=1S/C28H32F3N3O6/c1-39-19-2-3-23-20(14-19)25(17(16-35)15-32-23)24(36)4-5-28(27(37)33-38)6-8-34(9-7-28)10-11-40-26-21(30)12-18(29)13-22(26)31/h2-3,12-15,24,35-36,38H,4-11,16H2,1H3,(H,33,37)/t24-/m1/s1. The fourth-order valence-electron chi connectivity index (χ4n) is 5.29. The van der Waals surface area contributed by atoms with Gasteiger partial charge in [0, 0.05) is 35.8 Å². The van der Waals surface area contributed by atoms with Gasteiger partial charge in [-0.3, -0.25) is 19.9 Å². The van der Waals surface area contributed by atoms with E-state index in [1.54, 1.807) is 23.7 Å². The molecule has 0 saturated carbocycles. The number of nitrogens with one attached hydrogen (secondary N) is 1. The molecule has 1 saturated heterocycles. The van der Waals surface area contributed by atoms with Gasteiger partial charge in [-0.25, -0.2) is 18.7 Å². The Morgan fingerprint density at radius 2 is 1.88 bits per heavy atom. The average Bonchev–Trinajstić information content (AvgIpc) is 2.96. The Kier molecular flexibility index (Phi) is 9.46. The number of rotatable bonds is 11. The summed E-state index contributed by atoms with van der Waals surface area (Å²) < 4.78 is 51.3. The molecule has 12 heteroatoms. The summed E-state index contributed by atoms with van der Waals surface area (Å²) in [6.07, 6.45) is 1.59. The van der Waals surface area contributed by atoms with Crippen LogP contribution in [0.25, 0.3) is 10.9 Å². The first-order valence-corrected chi connectivity index (χ1v) is 12.9. The van der Waals surface area contributed by atoms with Crippen molar-refractivity contribution >= 4 is 16.8 Å². The van der Waals surface area contributed by atoms with E-state index in [-0.39, 0.29) is 26.1 Å². The number of aromatic nitrogens is 1. The topological polar surface area (TPSA) is 124 Å². The fraction of sp³-hybridized carbons (Fsp3) is 0.429. The maximum atomic E-state index is 13.8. The number of ether oxygens (including phenoxy) is 2. The van der Waals surface area contributed by atoms with Crippen molar-refractivity contribution in [3.8, 4) is 11.5 Å². The van der Waals surface area contributed by atoms with Gasteiger partial charge in [0.1, 0.15) is 18.2 Å². The molecule has 0 bridgehead atoms. The second-order valence-electron chi connectivity index (χ2n) is 9.90. The molecule has 216 valence electrons. The number of hydrogen-bond acceptors (Lipinski definition) is 8. The Bertz CT molecular complexity index is 1320. The normalized spacial score (nSPS) is 16.1. The van der Waals surface area contributed by atoms with E-state index in [0.29, 0.717) is 72.4 Å². The number of amides is 1. The van der Waals surface area contributed by atoms with Crippen molar-refractivity contribution in [2.45, 2.75) is 38.4 Å². The highest BCUT2D eigenvalue weighted by Crippen LogP contribution is 2.40. The molecule has 4 rings (SSSR count). The second-order valence-corrected chi connectivity index (χ2v) is 9.90. The molecule has 9 nitrogen and oxygen atoms in total. The number of piperidine rings is 1.